The normalized spacial score (nSPS) is 24.9. The zero-order chi connectivity index (χ0) is 15.1. The molecule has 1 fully saturated rings. The lowest BCUT2D eigenvalue weighted by molar-refractivity contribution is -0.866. The first kappa shape index (κ1) is 14.0. The highest BCUT2D eigenvalue weighted by Gasteiger charge is 2.60. The Morgan fingerprint density at radius 3 is 2.20 bits per heavy atom. The van der Waals surface area contributed by atoms with E-state index in [-0.39, 0.29) is 0 Å². The van der Waals surface area contributed by atoms with Gasteiger partial charge in [-0.15, -0.1) is 5.01 Å². The van der Waals surface area contributed by atoms with Gasteiger partial charge in [0.2, 0.25) is 0 Å². The fraction of sp³-hybridized carbons (Fsp3) is 0.364. The molecule has 2 heterocycles. The molecule has 20 heavy (non-hydrogen) atoms. The highest BCUT2D eigenvalue weighted by molar-refractivity contribution is 6.10. The molecule has 0 aromatic carbocycles. The Hall–Kier alpha value is -2.39. The minimum atomic E-state index is -1.62. The van der Waals surface area contributed by atoms with Crippen LogP contribution in [0, 0.1) is 0 Å². The number of aliphatic carboxylic acids is 1. The zero-order valence-corrected chi connectivity index (χ0v) is 10.2. The first-order valence-corrected chi connectivity index (χ1v) is 5.73. The molecule has 9 heteroatoms. The molecular weight excluding hydrogens is 272 g/mol. The maximum atomic E-state index is 11.9. The second-order valence-corrected chi connectivity index (χ2v) is 4.41. The van der Waals surface area contributed by atoms with Gasteiger partial charge in [0.1, 0.15) is 12.6 Å². The molecule has 2 aliphatic rings. The van der Waals surface area contributed by atoms with E-state index < -0.39 is 59.7 Å². The third-order valence-corrected chi connectivity index (χ3v) is 3.19. The summed E-state index contributed by atoms with van der Waals surface area (Å²) in [6.45, 7) is -0.565. The van der Waals surface area contributed by atoms with Crippen molar-refractivity contribution in [2.45, 2.75) is 18.9 Å². The predicted molar refractivity (Wildman–Crippen MR) is 59.0 cm³/mol. The van der Waals surface area contributed by atoms with Crippen molar-refractivity contribution < 1.29 is 38.8 Å². The quantitative estimate of drug-likeness (QED) is 0.448. The van der Waals surface area contributed by atoms with Gasteiger partial charge in [0.05, 0.1) is 25.0 Å². The number of carboxylic acid groups (broad SMARTS) is 1. The summed E-state index contributed by atoms with van der Waals surface area (Å²) in [5.74, 6) is -5.02. The Bertz CT molecular complexity index is 547. The molecule has 1 unspecified atom stereocenters. The van der Waals surface area contributed by atoms with Gasteiger partial charge in [0.15, 0.2) is 0 Å². The van der Waals surface area contributed by atoms with Gasteiger partial charge in [-0.1, -0.05) is 4.59 Å². The lowest BCUT2D eigenvalue weighted by atomic mass is 10.3. The van der Waals surface area contributed by atoms with E-state index in [1.807, 2.05) is 0 Å². The van der Waals surface area contributed by atoms with Crippen molar-refractivity contribution in [2.24, 2.45) is 0 Å². The number of quaternary nitrogens is 1. The van der Waals surface area contributed by atoms with Crippen molar-refractivity contribution in [1.29, 1.82) is 0 Å². The van der Waals surface area contributed by atoms with Crippen LogP contribution in [0.25, 0.3) is 0 Å². The summed E-state index contributed by atoms with van der Waals surface area (Å²) < 4.78 is -1.35. The minimum Gasteiger partial charge on any atom is -0.481 e. The lowest BCUT2D eigenvalue weighted by Crippen LogP contribution is -2.66. The van der Waals surface area contributed by atoms with Gasteiger partial charge in [-0.2, -0.15) is 0 Å². The number of carboxylic acids is 1. The van der Waals surface area contributed by atoms with E-state index in [1.165, 1.54) is 0 Å². The summed E-state index contributed by atoms with van der Waals surface area (Å²) in [6.07, 6.45) is -0.979. The highest BCUT2D eigenvalue weighted by Crippen LogP contribution is 2.28. The number of aliphatic hydroxyl groups is 1. The van der Waals surface area contributed by atoms with Crippen LogP contribution in [0.15, 0.2) is 12.2 Å². The van der Waals surface area contributed by atoms with Gasteiger partial charge in [-0.25, -0.2) is 9.59 Å². The summed E-state index contributed by atoms with van der Waals surface area (Å²) in [6, 6.07) is 0. The number of carbonyl (C=O) groups is 5. The molecule has 2 N–H and O–H groups in total. The number of hydrogen-bond acceptors (Lipinski definition) is 6. The molecular formula is C11H11N2O7+. The number of hydrogen-bond donors (Lipinski definition) is 2. The van der Waals surface area contributed by atoms with Crippen molar-refractivity contribution in [2.75, 3.05) is 6.54 Å². The lowest BCUT2D eigenvalue weighted by Gasteiger charge is -2.33. The fourth-order valence-electron chi connectivity index (χ4n) is 2.23. The third kappa shape index (κ3) is 1.84. The molecule has 0 aliphatic carbocycles. The van der Waals surface area contributed by atoms with E-state index in [1.54, 1.807) is 0 Å². The Balaban J connectivity index is 2.45. The predicted octanol–water partition coefficient (Wildman–Crippen LogP) is -2.06. The second-order valence-electron chi connectivity index (χ2n) is 4.41. The molecule has 0 radical (unpaired) electrons. The smallest absolute Gasteiger partial charge is 0.371 e. The van der Waals surface area contributed by atoms with Crippen LogP contribution in [-0.2, 0) is 24.0 Å². The number of nitrogens with zero attached hydrogens (tertiary/aromatic N) is 2. The van der Waals surface area contributed by atoms with Crippen molar-refractivity contribution in [3.63, 3.8) is 0 Å². The van der Waals surface area contributed by atoms with E-state index in [0.29, 0.717) is 5.01 Å². The van der Waals surface area contributed by atoms with Crippen molar-refractivity contribution in [1.82, 2.24) is 5.01 Å². The topological polar surface area (TPSA) is 129 Å². The third-order valence-electron chi connectivity index (χ3n) is 3.19. The van der Waals surface area contributed by atoms with Crippen LogP contribution in [-0.4, -0.2) is 62.1 Å². The standard InChI is InChI=1S/C11H10N2O7/c14-6-5-7(15)12(11(6)20)13(4-3-10(18)19)8(16)1-2-9(13)17/h1-2,6,14H,3-5H2/p+1. The van der Waals surface area contributed by atoms with Crippen LogP contribution in [0.4, 0.5) is 0 Å². The molecule has 1 atom stereocenters. The van der Waals surface area contributed by atoms with Gasteiger partial charge < -0.3 is 10.2 Å². The summed E-state index contributed by atoms with van der Waals surface area (Å²) in [5, 5.41) is 18.4. The number of aliphatic hydroxyl groups excluding tert-OH is 1. The summed E-state index contributed by atoms with van der Waals surface area (Å²) in [7, 11) is 0. The Morgan fingerprint density at radius 2 is 1.80 bits per heavy atom. The van der Waals surface area contributed by atoms with Crippen LogP contribution >= 0.6 is 0 Å². The van der Waals surface area contributed by atoms with E-state index in [2.05, 4.69) is 0 Å². The van der Waals surface area contributed by atoms with Gasteiger partial charge in [-0.3, -0.25) is 14.4 Å². The molecule has 4 amide bonds. The van der Waals surface area contributed by atoms with Gasteiger partial charge in [-0.05, 0) is 0 Å². The van der Waals surface area contributed by atoms with Gasteiger partial charge in [0.25, 0.3) is 5.91 Å². The van der Waals surface area contributed by atoms with E-state index in [0.717, 1.165) is 12.2 Å². The Labute approximate surface area is 112 Å². The maximum Gasteiger partial charge on any atom is 0.371 e. The molecule has 2 rings (SSSR count). The maximum absolute atomic E-state index is 11.9. The molecule has 106 valence electrons. The molecule has 0 aromatic rings. The van der Waals surface area contributed by atoms with E-state index in [4.69, 9.17) is 5.11 Å². The minimum absolute atomic E-state index is 0.359. The number of rotatable bonds is 4. The fourth-order valence-corrected chi connectivity index (χ4v) is 2.23. The van der Waals surface area contributed by atoms with Gasteiger partial charge >= 0.3 is 23.7 Å². The zero-order valence-electron chi connectivity index (χ0n) is 10.2. The molecule has 0 bridgehead atoms. The average molecular weight is 283 g/mol. The molecule has 9 nitrogen and oxygen atoms in total. The van der Waals surface area contributed by atoms with Crippen LogP contribution < -0.4 is 0 Å². The summed E-state index contributed by atoms with van der Waals surface area (Å²) in [4.78, 5) is 58.1. The van der Waals surface area contributed by atoms with Crippen LogP contribution in [0.5, 0.6) is 0 Å². The molecule has 0 spiro atoms. The first-order chi connectivity index (χ1) is 9.30. The molecule has 0 saturated carbocycles. The monoisotopic (exact) mass is 283 g/mol. The average Bonchev–Trinajstić information content (AvgIpc) is 2.78. The number of carbonyl (C=O) groups excluding carboxylic acids is 4. The summed E-state index contributed by atoms with van der Waals surface area (Å²) >= 11 is 0. The SMILES string of the molecule is O=C(O)CC[N+]1(N2C(=O)CC(O)C2=O)C(=O)C=CC1=O. The highest BCUT2D eigenvalue weighted by atomic mass is 16.4. The Kier molecular flexibility index (Phi) is 3.24. The number of amides is 4. The molecule has 0 aromatic heterocycles. The van der Waals surface area contributed by atoms with Crippen molar-refractivity contribution in [3.05, 3.63) is 12.2 Å². The van der Waals surface area contributed by atoms with Crippen LogP contribution in [0.1, 0.15) is 12.8 Å². The largest absolute Gasteiger partial charge is 0.481 e. The van der Waals surface area contributed by atoms with E-state index in [9.17, 15) is 29.1 Å². The molecule has 2 aliphatic heterocycles. The van der Waals surface area contributed by atoms with Crippen LogP contribution in [0.2, 0.25) is 0 Å². The summed E-state index contributed by atoms with van der Waals surface area (Å²) in [5.41, 5.74) is 0. The van der Waals surface area contributed by atoms with Gasteiger partial charge in [0, 0.05) is 0 Å². The van der Waals surface area contributed by atoms with E-state index >= 15 is 0 Å². The molecule has 1 saturated heterocycles. The van der Waals surface area contributed by atoms with Crippen molar-refractivity contribution in [3.8, 4) is 0 Å². The van der Waals surface area contributed by atoms with Crippen LogP contribution in [0.3, 0.4) is 0 Å². The second kappa shape index (κ2) is 4.62. The number of imide groups is 2. The van der Waals surface area contributed by atoms with Crippen molar-refractivity contribution >= 4 is 29.6 Å². The first-order valence-electron chi connectivity index (χ1n) is 5.73. The Morgan fingerprint density at radius 1 is 1.25 bits per heavy atom.